The SMILES string of the molecule is C#C/C(C)=C/C=C(\C)SC(C)=O.C#Cc1cc(CC)c(C#C)cc1CC.CC(=O)Sc1ccc(C#Cc2ccc(C#Cc3ccc(SC(C)=O)cc3)cc2)cc1.CC(=O)Sc1ccc(I)cc1.CCc1cc(C#Cc2ccc(S)cc2)c(CC)cc1C#Cc1ccc(S)cc1.CCc1cc(C#Cc2ccc(SC(C)=O)cc2)c(CC)cc1C#Cc1ccc(SC(C)=O)cc1.CCc1ccc(CC)cc1.Ic1ccc(I)cc1. The Labute approximate surface area is 952 Å². The van der Waals surface area contributed by atoms with E-state index in [4.69, 9.17) is 19.3 Å². The quantitative estimate of drug-likeness (QED) is 0.0336. The van der Waals surface area contributed by atoms with Crippen molar-refractivity contribution in [2.45, 2.75) is 196 Å². The molecule has 0 bridgehead atoms. The van der Waals surface area contributed by atoms with E-state index in [1.165, 1.54) is 115 Å². The minimum absolute atomic E-state index is 0.0704. The summed E-state index contributed by atoms with van der Waals surface area (Å²) in [6.45, 7) is 30.2. The lowest BCUT2D eigenvalue weighted by molar-refractivity contribution is -0.109. The van der Waals surface area contributed by atoms with Crippen molar-refractivity contribution in [3.05, 3.63) is 435 Å². The van der Waals surface area contributed by atoms with Crippen LogP contribution in [0.5, 0.6) is 0 Å². The number of allylic oxidation sites excluding steroid dienone is 4. The maximum atomic E-state index is 11.3. The van der Waals surface area contributed by atoms with E-state index in [0.717, 1.165) is 185 Å². The third-order valence-electron chi connectivity index (χ3n) is 20.6. The predicted octanol–water partition coefficient (Wildman–Crippen LogP) is 33.0. The number of aryl methyl sites for hydroxylation is 8. The molecule has 0 fully saturated rings. The van der Waals surface area contributed by atoms with Crippen LogP contribution in [0.4, 0.5) is 0 Å². The van der Waals surface area contributed by atoms with Gasteiger partial charge in [0.25, 0.3) is 0 Å². The first-order chi connectivity index (χ1) is 70.6. The van der Waals surface area contributed by atoms with Gasteiger partial charge in [-0.3, -0.25) is 28.8 Å². The maximum Gasteiger partial charge on any atom is 0.190 e. The highest BCUT2D eigenvalue weighted by atomic mass is 127. The van der Waals surface area contributed by atoms with Gasteiger partial charge in [0.15, 0.2) is 30.7 Å². The molecule has 0 spiro atoms. The van der Waals surface area contributed by atoms with Crippen LogP contribution in [0.3, 0.4) is 0 Å². The summed E-state index contributed by atoms with van der Waals surface area (Å²) < 4.78 is 3.78. The molecule has 0 N–H and O–H groups in total. The van der Waals surface area contributed by atoms with Crippen LogP contribution in [0.25, 0.3) is 0 Å². The standard InChI is InChI=1S/C30H26O2S2.C26H18O2S2.C26H22S2.C14H14.C10H12OS.C10H14.C8H7IOS.C6H4I2/c1-5-25-19-28(14-8-24-11-17-30(18-12-24)34-22(4)32)26(6-2)20-27(25)13-7-23-9-15-29(16-10-23)33-21(3)31;1-19(27)29-25-15-11-23(12-16-25)9-7-21-3-5-22(6-4-21)8-10-24-13-17-26(18-14-24)30-20(2)28;1-3-21-17-24(12-6-20-9-15-26(28)16-10-20)22(4-2)18-23(21)11-5-19-7-13-25(27)14-8-19;1-5-11-9-13(7-3)14(8-4)10-12(11)6-2;1-5-8(2)6-7-9(3)12-10(4)11;1-3-9-5-7-10(4-2)8-6-9;1-6(10)11-8-4-2-7(9)3-5-8;7-5-1-2-6(8)4-3-5/h9-12,15-20H,5-6H2,1-4H3;3-6,11-18H,1-2H3;7-10,13-18,27-28H,3-4H2,1-2H3;1,4,9-10H,6-7H2,2-3H3;1,6-7H,2-4H3;5-8H,3-4H2,1-2H3;2-5H,1H3;1-4H/b;;;;8-6+,9-7+;;;. The van der Waals surface area contributed by atoms with Crippen LogP contribution in [0.15, 0.2) is 336 Å². The number of benzene rings is 13. The molecular weight excluding hydrogens is 2290 g/mol. The van der Waals surface area contributed by atoms with E-state index >= 15 is 0 Å². The summed E-state index contributed by atoms with van der Waals surface area (Å²) >= 11 is 22.8. The molecule has 13 rings (SSSR count). The molecule has 0 radical (unpaired) electrons. The molecule has 13 aromatic rings. The molecule has 0 saturated heterocycles. The number of carbonyl (C=O) groups excluding carboxylic acids is 6. The lowest BCUT2D eigenvalue weighted by Gasteiger charge is -2.08. The summed E-state index contributed by atoms with van der Waals surface area (Å²) in [6.07, 6.45) is 27.4. The van der Waals surface area contributed by atoms with Gasteiger partial charge in [-0.1, -0.05) is 251 Å². The topological polar surface area (TPSA) is 102 Å². The first-order valence-electron chi connectivity index (χ1n) is 47.4. The number of hydrogen-bond acceptors (Lipinski definition) is 14. The van der Waals surface area contributed by atoms with Gasteiger partial charge in [0.05, 0.1) is 0 Å². The van der Waals surface area contributed by atoms with Crippen LogP contribution in [0, 0.1) is 119 Å². The molecule has 0 aliphatic rings. The van der Waals surface area contributed by atoms with Gasteiger partial charge in [-0.05, 0) is 443 Å². The molecule has 13 aromatic carbocycles. The van der Waals surface area contributed by atoms with Gasteiger partial charge in [0.1, 0.15) is 0 Å². The highest BCUT2D eigenvalue weighted by Crippen LogP contribution is 2.28. The normalized spacial score (nSPS) is 9.95. The number of carbonyl (C=O) groups is 6. The monoisotopic (exact) mass is 2410 g/mol. The van der Waals surface area contributed by atoms with Gasteiger partial charge >= 0.3 is 0 Å². The summed E-state index contributed by atoms with van der Waals surface area (Å²) in [4.78, 5) is 73.6. The average Bonchev–Trinajstić information content (AvgIpc) is 0.815. The van der Waals surface area contributed by atoms with Crippen LogP contribution < -0.4 is 0 Å². The zero-order valence-electron chi connectivity index (χ0n) is 85.5. The van der Waals surface area contributed by atoms with Gasteiger partial charge in [-0.25, -0.2) is 0 Å². The second-order valence-electron chi connectivity index (χ2n) is 31.9. The molecule has 17 heteroatoms. The zero-order chi connectivity index (χ0) is 108. The fourth-order valence-corrected chi connectivity index (χ4v) is 17.9. The summed E-state index contributed by atoms with van der Waals surface area (Å²) in [7, 11) is 0. The van der Waals surface area contributed by atoms with E-state index in [0.29, 0.717) is 0 Å². The van der Waals surface area contributed by atoms with Crippen molar-refractivity contribution in [3.8, 4) is 108 Å². The number of halogens is 3. The van der Waals surface area contributed by atoms with E-state index in [2.05, 4.69) is 310 Å². The van der Waals surface area contributed by atoms with E-state index in [1.54, 1.807) is 41.5 Å². The van der Waals surface area contributed by atoms with Crippen molar-refractivity contribution in [1.82, 2.24) is 0 Å². The highest BCUT2D eigenvalue weighted by molar-refractivity contribution is 14.1. The summed E-state index contributed by atoms with van der Waals surface area (Å²) in [6, 6.07) is 92.3. The van der Waals surface area contributed by atoms with E-state index in [9.17, 15) is 28.8 Å². The Morgan fingerprint density at radius 1 is 0.252 bits per heavy atom. The van der Waals surface area contributed by atoms with Crippen molar-refractivity contribution in [3.63, 3.8) is 0 Å². The van der Waals surface area contributed by atoms with Gasteiger partial charge < -0.3 is 0 Å². The second-order valence-corrected chi connectivity index (χ2v) is 44.4. The number of terminal acetylenes is 3. The van der Waals surface area contributed by atoms with Crippen LogP contribution in [-0.2, 0) is 80.1 Å². The molecule has 0 heterocycles. The van der Waals surface area contributed by atoms with Crippen molar-refractivity contribution in [1.29, 1.82) is 0 Å². The van der Waals surface area contributed by atoms with Gasteiger partial charge in [0.2, 0.25) is 0 Å². The first-order valence-corrected chi connectivity index (χ1v) is 56.4. The van der Waals surface area contributed by atoms with Gasteiger partial charge in [-0.2, -0.15) is 0 Å². The zero-order valence-corrected chi connectivity index (χ0v) is 98.7. The van der Waals surface area contributed by atoms with Crippen molar-refractivity contribution in [2.24, 2.45) is 0 Å². The number of hydrogen-bond donors (Lipinski definition) is 2. The molecule has 0 saturated carbocycles. The van der Waals surface area contributed by atoms with Crippen LogP contribution in [0.1, 0.15) is 233 Å². The summed E-state index contributed by atoms with van der Waals surface area (Å²) in [5.41, 5.74) is 24.5. The lowest BCUT2D eigenvalue weighted by Crippen LogP contribution is -1.96. The first kappa shape index (κ1) is 124. The molecule has 6 nitrogen and oxygen atoms in total. The van der Waals surface area contributed by atoms with Gasteiger partial charge in [-0.15, -0.1) is 44.5 Å². The average molecular weight is 2410 g/mol. The van der Waals surface area contributed by atoms with Gasteiger partial charge in [0, 0.05) is 164 Å². The van der Waals surface area contributed by atoms with Crippen molar-refractivity contribution >= 4 is 194 Å². The number of thiol groups is 2. The van der Waals surface area contributed by atoms with E-state index < -0.39 is 0 Å². The van der Waals surface area contributed by atoms with E-state index in [-0.39, 0.29) is 30.7 Å². The fourth-order valence-electron chi connectivity index (χ4n) is 12.9. The predicted molar refractivity (Wildman–Crippen MR) is 660 cm³/mol. The van der Waals surface area contributed by atoms with Crippen LogP contribution in [-0.4, -0.2) is 30.7 Å². The molecule has 742 valence electrons. The Kier molecular flexibility index (Phi) is 58.7. The Hall–Kier alpha value is -11.6. The molecule has 0 aliphatic heterocycles. The number of rotatable bonds is 15. The van der Waals surface area contributed by atoms with Crippen LogP contribution in [0.2, 0.25) is 0 Å². The molecule has 147 heavy (non-hydrogen) atoms. The third-order valence-corrected chi connectivity index (χ3v) is 28.0. The molecule has 0 unspecified atom stereocenters. The van der Waals surface area contributed by atoms with Crippen molar-refractivity contribution < 1.29 is 28.8 Å². The Morgan fingerprint density at radius 2 is 0.442 bits per heavy atom. The fraction of sp³-hybridized carbons (Fsp3) is 0.185. The summed E-state index contributed by atoms with van der Waals surface area (Å²) in [5.74, 6) is 46.9. The minimum atomic E-state index is 0.0704. The number of thioether (sulfide) groups is 6. The van der Waals surface area contributed by atoms with Crippen LogP contribution >= 0.6 is 164 Å². The Balaban J connectivity index is 0.000000270. The molecule has 0 amide bonds. The summed E-state index contributed by atoms with van der Waals surface area (Å²) in [5, 5.41) is 0.514. The Bertz CT molecular complexity index is 6880. The lowest BCUT2D eigenvalue weighted by atomic mass is 9.95. The maximum absolute atomic E-state index is 11.3. The smallest absolute Gasteiger partial charge is 0.190 e. The molecule has 0 aromatic heterocycles. The second kappa shape index (κ2) is 69.6. The molecule has 0 aliphatic carbocycles. The Morgan fingerprint density at radius 3 is 0.639 bits per heavy atom. The van der Waals surface area contributed by atoms with E-state index in [1.807, 2.05) is 232 Å². The third kappa shape index (κ3) is 49.8. The largest absolute Gasteiger partial charge is 0.287 e. The van der Waals surface area contributed by atoms with Crippen molar-refractivity contribution in [2.75, 3.05) is 0 Å². The molecule has 0 atom stereocenters. The highest BCUT2D eigenvalue weighted by Gasteiger charge is 2.12. The molecular formula is C130H117I3O6S8. The minimum Gasteiger partial charge on any atom is -0.287 e.